The van der Waals surface area contributed by atoms with Crippen molar-refractivity contribution in [1.82, 2.24) is 0 Å². The number of nitrogens with two attached hydrogens (primary N) is 1. The molecule has 0 saturated carbocycles. The molecule has 0 fully saturated rings. The van der Waals surface area contributed by atoms with Gasteiger partial charge in [0.05, 0.1) is 6.61 Å². The molecule has 0 aliphatic carbocycles. The predicted octanol–water partition coefficient (Wildman–Crippen LogP) is 3.14. The molecule has 17 heavy (non-hydrogen) atoms. The van der Waals surface area contributed by atoms with Crippen molar-refractivity contribution in [2.75, 3.05) is 6.61 Å². The maximum Gasteiger partial charge on any atom is 0.123 e. The summed E-state index contributed by atoms with van der Waals surface area (Å²) in [4.78, 5) is 0. The van der Waals surface area contributed by atoms with Gasteiger partial charge in [-0.3, -0.25) is 0 Å². The molecule has 0 amide bonds. The number of benzene rings is 1. The fourth-order valence-corrected chi connectivity index (χ4v) is 2.43. The highest BCUT2D eigenvalue weighted by atomic mass is 32.1. The van der Waals surface area contributed by atoms with Gasteiger partial charge in [-0.1, -0.05) is 17.7 Å². The molecule has 2 nitrogen and oxygen atoms in total. The van der Waals surface area contributed by atoms with E-state index in [2.05, 4.69) is 35.9 Å². The Hall–Kier alpha value is -1.32. The van der Waals surface area contributed by atoms with Crippen molar-refractivity contribution < 1.29 is 4.74 Å². The SMILES string of the molecule is Cc1ccc(OCCc2ccsc2)c(CN)c1. The van der Waals surface area contributed by atoms with Crippen molar-refractivity contribution in [1.29, 1.82) is 0 Å². The van der Waals surface area contributed by atoms with Gasteiger partial charge in [-0.25, -0.2) is 0 Å². The lowest BCUT2D eigenvalue weighted by molar-refractivity contribution is 0.319. The zero-order chi connectivity index (χ0) is 12.1. The second-order valence-electron chi connectivity index (χ2n) is 4.05. The third-order valence-electron chi connectivity index (χ3n) is 2.66. The van der Waals surface area contributed by atoms with Gasteiger partial charge in [0.25, 0.3) is 0 Å². The van der Waals surface area contributed by atoms with Crippen LogP contribution in [0.1, 0.15) is 16.7 Å². The summed E-state index contributed by atoms with van der Waals surface area (Å²) in [6.07, 6.45) is 0.946. The van der Waals surface area contributed by atoms with Crippen LogP contribution in [0, 0.1) is 6.92 Å². The van der Waals surface area contributed by atoms with Crippen molar-refractivity contribution >= 4 is 11.3 Å². The summed E-state index contributed by atoms with van der Waals surface area (Å²) in [5.41, 5.74) is 9.33. The summed E-state index contributed by atoms with van der Waals surface area (Å²) in [6, 6.07) is 8.27. The Morgan fingerprint density at radius 1 is 1.29 bits per heavy atom. The minimum absolute atomic E-state index is 0.523. The highest BCUT2D eigenvalue weighted by molar-refractivity contribution is 7.07. The molecule has 2 rings (SSSR count). The molecule has 2 N–H and O–H groups in total. The quantitative estimate of drug-likeness (QED) is 0.881. The lowest BCUT2D eigenvalue weighted by atomic mass is 10.1. The first-order chi connectivity index (χ1) is 8.29. The van der Waals surface area contributed by atoms with Crippen molar-refractivity contribution in [3.63, 3.8) is 0 Å². The number of aryl methyl sites for hydroxylation is 1. The van der Waals surface area contributed by atoms with Crippen molar-refractivity contribution in [2.24, 2.45) is 5.73 Å². The summed E-state index contributed by atoms with van der Waals surface area (Å²) < 4.78 is 5.78. The van der Waals surface area contributed by atoms with E-state index in [1.165, 1.54) is 11.1 Å². The Bertz CT molecular complexity index is 465. The van der Waals surface area contributed by atoms with Crippen LogP contribution in [0.25, 0.3) is 0 Å². The average molecular weight is 247 g/mol. The van der Waals surface area contributed by atoms with Gasteiger partial charge in [-0.2, -0.15) is 11.3 Å². The van der Waals surface area contributed by atoms with Crippen LogP contribution in [-0.2, 0) is 13.0 Å². The molecule has 0 spiro atoms. The second kappa shape index (κ2) is 5.84. The zero-order valence-corrected chi connectivity index (χ0v) is 10.8. The highest BCUT2D eigenvalue weighted by Crippen LogP contribution is 2.19. The van der Waals surface area contributed by atoms with E-state index in [0.717, 1.165) is 17.7 Å². The summed E-state index contributed by atoms with van der Waals surface area (Å²) in [7, 11) is 0. The van der Waals surface area contributed by atoms with Crippen LogP contribution in [0.4, 0.5) is 0 Å². The summed E-state index contributed by atoms with van der Waals surface area (Å²) in [5, 5.41) is 4.24. The lowest BCUT2D eigenvalue weighted by Crippen LogP contribution is -2.05. The van der Waals surface area contributed by atoms with Crippen LogP contribution < -0.4 is 10.5 Å². The van der Waals surface area contributed by atoms with Gasteiger partial charge in [0.1, 0.15) is 5.75 Å². The molecule has 90 valence electrons. The molecule has 1 heterocycles. The van der Waals surface area contributed by atoms with E-state index in [1.54, 1.807) is 11.3 Å². The van der Waals surface area contributed by atoms with E-state index in [4.69, 9.17) is 10.5 Å². The van der Waals surface area contributed by atoms with Gasteiger partial charge >= 0.3 is 0 Å². The average Bonchev–Trinajstić information content (AvgIpc) is 2.84. The van der Waals surface area contributed by atoms with E-state index < -0.39 is 0 Å². The van der Waals surface area contributed by atoms with Gasteiger partial charge in [0.15, 0.2) is 0 Å². The van der Waals surface area contributed by atoms with E-state index in [-0.39, 0.29) is 0 Å². The predicted molar refractivity (Wildman–Crippen MR) is 72.6 cm³/mol. The van der Waals surface area contributed by atoms with E-state index in [0.29, 0.717) is 13.2 Å². The minimum atomic E-state index is 0.523. The summed E-state index contributed by atoms with van der Waals surface area (Å²) >= 11 is 1.72. The van der Waals surface area contributed by atoms with Gasteiger partial charge in [0.2, 0.25) is 0 Å². The number of ether oxygens (including phenoxy) is 1. The summed E-state index contributed by atoms with van der Waals surface area (Å²) in [5.74, 6) is 0.910. The van der Waals surface area contributed by atoms with E-state index in [1.807, 2.05) is 6.07 Å². The first kappa shape index (κ1) is 12.1. The second-order valence-corrected chi connectivity index (χ2v) is 4.83. The first-order valence-corrected chi connectivity index (χ1v) is 6.67. The monoisotopic (exact) mass is 247 g/mol. The molecule has 1 aromatic carbocycles. The Kier molecular flexibility index (Phi) is 4.18. The molecule has 0 saturated heterocycles. The molecular weight excluding hydrogens is 230 g/mol. The molecule has 0 bridgehead atoms. The smallest absolute Gasteiger partial charge is 0.123 e. The fraction of sp³-hybridized carbons (Fsp3) is 0.286. The first-order valence-electron chi connectivity index (χ1n) is 5.73. The van der Waals surface area contributed by atoms with Crippen LogP contribution in [-0.4, -0.2) is 6.61 Å². The molecule has 0 aliphatic heterocycles. The Balaban J connectivity index is 1.94. The molecule has 0 atom stereocenters. The Morgan fingerprint density at radius 2 is 2.18 bits per heavy atom. The van der Waals surface area contributed by atoms with Crippen molar-refractivity contribution in [3.8, 4) is 5.75 Å². The zero-order valence-electron chi connectivity index (χ0n) is 9.98. The van der Waals surface area contributed by atoms with Crippen LogP contribution in [0.2, 0.25) is 0 Å². The maximum absolute atomic E-state index is 5.78. The van der Waals surface area contributed by atoms with Crippen molar-refractivity contribution in [2.45, 2.75) is 19.9 Å². The van der Waals surface area contributed by atoms with Gasteiger partial charge in [-0.05, 0) is 35.4 Å². The number of rotatable bonds is 5. The maximum atomic E-state index is 5.78. The topological polar surface area (TPSA) is 35.2 Å². The molecule has 0 unspecified atom stereocenters. The van der Waals surface area contributed by atoms with E-state index in [9.17, 15) is 0 Å². The van der Waals surface area contributed by atoms with Gasteiger partial charge in [0, 0.05) is 18.5 Å². The number of hydrogen-bond donors (Lipinski definition) is 1. The number of thiophene rings is 1. The molecule has 3 heteroatoms. The van der Waals surface area contributed by atoms with Gasteiger partial charge in [-0.15, -0.1) is 0 Å². The normalized spacial score (nSPS) is 10.5. The fourth-order valence-electron chi connectivity index (χ4n) is 1.72. The standard InChI is InChI=1S/C14H17NOS/c1-11-2-3-14(13(8-11)9-15)16-6-4-12-5-7-17-10-12/h2-3,5,7-8,10H,4,6,9,15H2,1H3. The van der Waals surface area contributed by atoms with Gasteiger partial charge < -0.3 is 10.5 Å². The Labute approximate surface area is 106 Å². The van der Waals surface area contributed by atoms with Crippen LogP contribution in [0.3, 0.4) is 0 Å². The third-order valence-corrected chi connectivity index (χ3v) is 3.40. The van der Waals surface area contributed by atoms with Crippen LogP contribution >= 0.6 is 11.3 Å². The minimum Gasteiger partial charge on any atom is -0.493 e. The van der Waals surface area contributed by atoms with Crippen LogP contribution in [0.5, 0.6) is 5.75 Å². The largest absolute Gasteiger partial charge is 0.493 e. The third kappa shape index (κ3) is 3.32. The van der Waals surface area contributed by atoms with E-state index >= 15 is 0 Å². The lowest BCUT2D eigenvalue weighted by Gasteiger charge is -2.10. The molecule has 0 radical (unpaired) electrons. The van der Waals surface area contributed by atoms with Crippen molar-refractivity contribution in [3.05, 3.63) is 51.7 Å². The molecule has 2 aromatic rings. The highest BCUT2D eigenvalue weighted by Gasteiger charge is 2.02. The summed E-state index contributed by atoms with van der Waals surface area (Å²) in [6.45, 7) is 3.29. The molecular formula is C14H17NOS. The molecule has 1 aromatic heterocycles. The van der Waals surface area contributed by atoms with Crippen LogP contribution in [0.15, 0.2) is 35.0 Å². The number of hydrogen-bond acceptors (Lipinski definition) is 3. The Morgan fingerprint density at radius 3 is 2.88 bits per heavy atom. The molecule has 0 aliphatic rings.